The first-order valence-corrected chi connectivity index (χ1v) is 8.82. The molecule has 18 heavy (non-hydrogen) atoms. The molecule has 5 nitrogen and oxygen atoms in total. The van der Waals surface area contributed by atoms with E-state index >= 15 is 0 Å². The summed E-state index contributed by atoms with van der Waals surface area (Å²) in [5.41, 5.74) is 0.320. The predicted octanol–water partition coefficient (Wildman–Crippen LogP) is 1.03. The van der Waals surface area contributed by atoms with E-state index in [9.17, 15) is 8.42 Å². The van der Waals surface area contributed by atoms with Crippen molar-refractivity contribution >= 4 is 27.0 Å². The highest BCUT2D eigenvalue weighted by Crippen LogP contribution is 2.31. The molecule has 1 aliphatic rings. The van der Waals surface area contributed by atoms with E-state index < -0.39 is 10.0 Å². The van der Waals surface area contributed by atoms with Gasteiger partial charge in [0.25, 0.3) is 0 Å². The lowest BCUT2D eigenvalue weighted by Gasteiger charge is -2.21. The highest BCUT2D eigenvalue weighted by Gasteiger charge is 2.24. The Kier molecular flexibility index (Phi) is 5.48. The SMILES string of the molecule is CC(C)(C)CC1CN=C(NCCNS(C)(=O)=O)S1. The zero-order valence-electron chi connectivity index (χ0n) is 11.5. The molecule has 7 heteroatoms. The molecule has 1 rings (SSSR count). The van der Waals surface area contributed by atoms with Gasteiger partial charge in [0.05, 0.1) is 12.8 Å². The normalized spacial score (nSPS) is 20.9. The summed E-state index contributed by atoms with van der Waals surface area (Å²) in [6.07, 6.45) is 2.29. The van der Waals surface area contributed by atoms with Crippen LogP contribution in [0.4, 0.5) is 0 Å². The molecule has 0 aromatic rings. The zero-order chi connectivity index (χ0) is 13.8. The van der Waals surface area contributed by atoms with E-state index in [4.69, 9.17) is 0 Å². The molecule has 0 spiro atoms. The van der Waals surface area contributed by atoms with Gasteiger partial charge in [-0.1, -0.05) is 32.5 Å². The second kappa shape index (κ2) is 6.25. The van der Waals surface area contributed by atoms with Crippen LogP contribution >= 0.6 is 11.8 Å². The Balaban J connectivity index is 2.19. The van der Waals surface area contributed by atoms with Crippen molar-refractivity contribution < 1.29 is 8.42 Å². The molecule has 0 bridgehead atoms. The number of nitrogens with zero attached hydrogens (tertiary/aromatic N) is 1. The van der Waals surface area contributed by atoms with E-state index in [1.54, 1.807) is 11.8 Å². The van der Waals surface area contributed by atoms with Gasteiger partial charge in [-0.15, -0.1) is 0 Å². The Morgan fingerprint density at radius 2 is 2.06 bits per heavy atom. The van der Waals surface area contributed by atoms with E-state index in [1.807, 2.05) is 0 Å². The summed E-state index contributed by atoms with van der Waals surface area (Å²) in [6.45, 7) is 8.51. The zero-order valence-corrected chi connectivity index (χ0v) is 13.1. The second-order valence-corrected chi connectivity index (χ2v) is 8.87. The van der Waals surface area contributed by atoms with Gasteiger partial charge < -0.3 is 5.32 Å². The summed E-state index contributed by atoms with van der Waals surface area (Å²) < 4.78 is 24.2. The van der Waals surface area contributed by atoms with Gasteiger partial charge in [0.2, 0.25) is 10.0 Å². The minimum atomic E-state index is -3.09. The Hall–Kier alpha value is -0.270. The van der Waals surface area contributed by atoms with E-state index in [-0.39, 0.29) is 0 Å². The lowest BCUT2D eigenvalue weighted by molar-refractivity contribution is 0.375. The topological polar surface area (TPSA) is 70.6 Å². The minimum Gasteiger partial charge on any atom is -0.364 e. The van der Waals surface area contributed by atoms with Gasteiger partial charge in [0, 0.05) is 18.3 Å². The largest absolute Gasteiger partial charge is 0.364 e. The van der Waals surface area contributed by atoms with Gasteiger partial charge in [-0.05, 0) is 11.8 Å². The van der Waals surface area contributed by atoms with E-state index in [2.05, 4.69) is 35.8 Å². The third kappa shape index (κ3) is 7.23. The molecule has 0 aliphatic carbocycles. The second-order valence-electron chi connectivity index (χ2n) is 5.74. The Labute approximate surface area is 114 Å². The van der Waals surface area contributed by atoms with Crippen molar-refractivity contribution in [1.82, 2.24) is 10.0 Å². The quantitative estimate of drug-likeness (QED) is 0.743. The van der Waals surface area contributed by atoms with Crippen molar-refractivity contribution in [3.8, 4) is 0 Å². The van der Waals surface area contributed by atoms with Gasteiger partial charge in [-0.25, -0.2) is 13.1 Å². The van der Waals surface area contributed by atoms with Crippen molar-refractivity contribution in [2.75, 3.05) is 25.9 Å². The molecule has 1 heterocycles. The van der Waals surface area contributed by atoms with Crippen LogP contribution in [0, 0.1) is 5.41 Å². The summed E-state index contributed by atoms with van der Waals surface area (Å²) in [5.74, 6) is 0. The molecule has 0 aromatic carbocycles. The highest BCUT2D eigenvalue weighted by atomic mass is 32.2. The van der Waals surface area contributed by atoms with Crippen molar-refractivity contribution in [2.45, 2.75) is 32.4 Å². The molecule has 0 radical (unpaired) electrons. The highest BCUT2D eigenvalue weighted by molar-refractivity contribution is 8.14. The van der Waals surface area contributed by atoms with Crippen LogP contribution in [0.2, 0.25) is 0 Å². The molecular weight excluding hydrogens is 270 g/mol. The summed E-state index contributed by atoms with van der Waals surface area (Å²) in [7, 11) is -3.09. The predicted molar refractivity (Wildman–Crippen MR) is 78.6 cm³/mol. The Morgan fingerprint density at radius 3 is 2.61 bits per heavy atom. The standard InChI is InChI=1S/C11H23N3O2S2/c1-11(2,3)7-9-8-13-10(17-9)12-5-6-14-18(4,15)16/h9,14H,5-8H2,1-4H3,(H,12,13). The molecule has 2 N–H and O–H groups in total. The number of aliphatic imine (C=N–C) groups is 1. The first-order chi connectivity index (χ1) is 8.16. The fraction of sp³-hybridized carbons (Fsp3) is 0.909. The molecule has 0 saturated heterocycles. The molecule has 106 valence electrons. The average Bonchev–Trinajstić information content (AvgIpc) is 2.56. The molecule has 1 aliphatic heterocycles. The van der Waals surface area contributed by atoms with Crippen LogP contribution in [0.5, 0.6) is 0 Å². The number of rotatable bonds is 5. The lowest BCUT2D eigenvalue weighted by Crippen LogP contribution is -2.32. The minimum absolute atomic E-state index is 0.320. The van der Waals surface area contributed by atoms with Crippen LogP contribution in [-0.2, 0) is 10.0 Å². The van der Waals surface area contributed by atoms with Crippen molar-refractivity contribution in [2.24, 2.45) is 10.4 Å². The lowest BCUT2D eigenvalue weighted by atomic mass is 9.90. The number of hydrogen-bond acceptors (Lipinski definition) is 5. The van der Waals surface area contributed by atoms with Crippen molar-refractivity contribution in [3.63, 3.8) is 0 Å². The summed E-state index contributed by atoms with van der Waals surface area (Å²) >= 11 is 1.76. The summed E-state index contributed by atoms with van der Waals surface area (Å²) in [6, 6.07) is 0. The smallest absolute Gasteiger partial charge is 0.208 e. The average molecular weight is 293 g/mol. The molecule has 1 unspecified atom stereocenters. The third-order valence-electron chi connectivity index (χ3n) is 2.32. The Morgan fingerprint density at radius 1 is 1.39 bits per heavy atom. The maximum absolute atomic E-state index is 10.9. The molecule has 0 saturated carbocycles. The van der Waals surface area contributed by atoms with E-state index in [0.29, 0.717) is 23.8 Å². The molecule has 1 atom stereocenters. The number of hydrogen-bond donors (Lipinski definition) is 2. The summed E-state index contributed by atoms with van der Waals surface area (Å²) in [5, 5.41) is 4.62. The fourth-order valence-electron chi connectivity index (χ4n) is 1.71. The van der Waals surface area contributed by atoms with Crippen molar-refractivity contribution in [3.05, 3.63) is 0 Å². The molecule has 0 aromatic heterocycles. The van der Waals surface area contributed by atoms with Gasteiger partial charge >= 0.3 is 0 Å². The van der Waals surface area contributed by atoms with E-state index in [1.165, 1.54) is 0 Å². The van der Waals surface area contributed by atoms with Crippen LogP contribution in [0.3, 0.4) is 0 Å². The molecular formula is C11H23N3O2S2. The number of amidine groups is 1. The first kappa shape index (κ1) is 15.8. The van der Waals surface area contributed by atoms with Gasteiger partial charge in [-0.2, -0.15) is 0 Å². The number of sulfonamides is 1. The monoisotopic (exact) mass is 293 g/mol. The van der Waals surface area contributed by atoms with Gasteiger partial charge in [0.15, 0.2) is 5.17 Å². The van der Waals surface area contributed by atoms with Crippen LogP contribution in [0.15, 0.2) is 4.99 Å². The maximum Gasteiger partial charge on any atom is 0.208 e. The number of thioether (sulfide) groups is 1. The Bertz CT molecular complexity index is 399. The summed E-state index contributed by atoms with van der Waals surface area (Å²) in [4.78, 5) is 4.43. The van der Waals surface area contributed by atoms with Crippen LogP contribution in [0.1, 0.15) is 27.2 Å². The number of nitrogens with one attached hydrogen (secondary N) is 2. The van der Waals surface area contributed by atoms with Crippen LogP contribution < -0.4 is 10.0 Å². The molecule has 0 amide bonds. The molecule has 0 fully saturated rings. The van der Waals surface area contributed by atoms with Crippen LogP contribution in [0.25, 0.3) is 0 Å². The third-order valence-corrected chi connectivity index (χ3v) is 4.20. The van der Waals surface area contributed by atoms with Gasteiger partial charge in [-0.3, -0.25) is 4.99 Å². The van der Waals surface area contributed by atoms with E-state index in [0.717, 1.165) is 24.4 Å². The van der Waals surface area contributed by atoms with Crippen LogP contribution in [-0.4, -0.2) is 44.7 Å². The fourth-order valence-corrected chi connectivity index (χ4v) is 3.57. The van der Waals surface area contributed by atoms with Gasteiger partial charge in [0.1, 0.15) is 0 Å². The first-order valence-electron chi connectivity index (χ1n) is 6.05. The maximum atomic E-state index is 10.9. The van der Waals surface area contributed by atoms with Crippen molar-refractivity contribution in [1.29, 1.82) is 0 Å².